The van der Waals surface area contributed by atoms with Crippen LogP contribution in [0.25, 0.3) is 11.5 Å². The van der Waals surface area contributed by atoms with E-state index in [1.54, 1.807) is 6.26 Å². The molecule has 0 spiro atoms. The highest BCUT2D eigenvalue weighted by Gasteiger charge is 2.24. The number of hydrogen-bond donors (Lipinski definition) is 2. The van der Waals surface area contributed by atoms with Gasteiger partial charge in [0.2, 0.25) is 5.89 Å². The molecule has 1 fully saturated rings. The van der Waals surface area contributed by atoms with Crippen molar-refractivity contribution in [2.24, 2.45) is 4.99 Å². The maximum Gasteiger partial charge on any atom is 0.226 e. The maximum absolute atomic E-state index is 5.68. The van der Waals surface area contributed by atoms with E-state index < -0.39 is 0 Å². The van der Waals surface area contributed by atoms with E-state index in [0.717, 1.165) is 49.7 Å². The van der Waals surface area contributed by atoms with E-state index in [1.165, 1.54) is 11.1 Å². The molecule has 1 saturated heterocycles. The summed E-state index contributed by atoms with van der Waals surface area (Å²) in [4.78, 5) is 11.9. The number of likely N-dealkylation sites (tertiary alicyclic amines) is 1. The SMILES string of the molecule is CCNC(=NCc1coc(-c2ccc(C)cc2)n1)NC1CCN(C(C)c2ccccc2)CC1. The minimum atomic E-state index is 0.419. The fourth-order valence-corrected chi connectivity index (χ4v) is 4.26. The van der Waals surface area contributed by atoms with Crippen LogP contribution in [-0.2, 0) is 6.54 Å². The van der Waals surface area contributed by atoms with Crippen LogP contribution >= 0.6 is 0 Å². The predicted molar refractivity (Wildman–Crippen MR) is 134 cm³/mol. The summed E-state index contributed by atoms with van der Waals surface area (Å²) in [6, 6.07) is 19.8. The average Bonchev–Trinajstić information content (AvgIpc) is 3.33. The summed E-state index contributed by atoms with van der Waals surface area (Å²) >= 11 is 0. The van der Waals surface area contributed by atoms with E-state index in [9.17, 15) is 0 Å². The molecule has 0 radical (unpaired) electrons. The summed E-state index contributed by atoms with van der Waals surface area (Å²) in [6.07, 6.45) is 3.90. The van der Waals surface area contributed by atoms with Gasteiger partial charge in [0, 0.05) is 37.3 Å². The number of aromatic nitrogens is 1. The second-order valence-electron chi connectivity index (χ2n) is 8.75. The largest absolute Gasteiger partial charge is 0.444 e. The summed E-state index contributed by atoms with van der Waals surface area (Å²) in [5, 5.41) is 7.00. The predicted octanol–water partition coefficient (Wildman–Crippen LogP) is 4.93. The lowest BCUT2D eigenvalue weighted by atomic mass is 10.0. The molecule has 6 nitrogen and oxygen atoms in total. The summed E-state index contributed by atoms with van der Waals surface area (Å²) in [5.74, 6) is 1.48. The molecule has 1 aliphatic heterocycles. The first kappa shape index (κ1) is 23.1. The molecular formula is C27H35N5O. The van der Waals surface area contributed by atoms with Gasteiger partial charge in [-0.3, -0.25) is 4.90 Å². The van der Waals surface area contributed by atoms with Gasteiger partial charge in [0.05, 0.1) is 6.54 Å². The van der Waals surface area contributed by atoms with Crippen LogP contribution in [0.15, 0.2) is 70.3 Å². The van der Waals surface area contributed by atoms with Gasteiger partial charge in [0.15, 0.2) is 5.96 Å². The molecule has 0 bridgehead atoms. The molecule has 0 saturated carbocycles. The Morgan fingerprint density at radius 1 is 1.12 bits per heavy atom. The monoisotopic (exact) mass is 445 g/mol. The lowest BCUT2D eigenvalue weighted by Gasteiger charge is -2.37. The number of guanidine groups is 1. The topological polar surface area (TPSA) is 65.7 Å². The fraction of sp³-hybridized carbons (Fsp3) is 0.407. The normalized spacial score (nSPS) is 16.5. The quantitative estimate of drug-likeness (QED) is 0.399. The average molecular weight is 446 g/mol. The molecule has 1 aliphatic rings. The second-order valence-corrected chi connectivity index (χ2v) is 8.75. The van der Waals surface area contributed by atoms with Gasteiger partial charge in [-0.05, 0) is 51.3 Å². The zero-order valence-corrected chi connectivity index (χ0v) is 19.9. The first-order valence-corrected chi connectivity index (χ1v) is 12.0. The van der Waals surface area contributed by atoms with Crippen molar-refractivity contribution in [3.8, 4) is 11.5 Å². The molecule has 1 atom stereocenters. The van der Waals surface area contributed by atoms with E-state index in [4.69, 9.17) is 9.41 Å². The number of nitrogens with one attached hydrogen (secondary N) is 2. The van der Waals surface area contributed by atoms with Crippen LogP contribution < -0.4 is 10.6 Å². The number of aryl methyl sites for hydroxylation is 1. The third-order valence-electron chi connectivity index (χ3n) is 6.29. The van der Waals surface area contributed by atoms with Crippen molar-refractivity contribution in [3.63, 3.8) is 0 Å². The first-order valence-electron chi connectivity index (χ1n) is 12.0. The lowest BCUT2D eigenvalue weighted by Crippen LogP contribution is -2.49. The van der Waals surface area contributed by atoms with Gasteiger partial charge in [-0.15, -0.1) is 0 Å². The van der Waals surface area contributed by atoms with Crippen LogP contribution in [0.2, 0.25) is 0 Å². The number of oxazole rings is 1. The molecule has 4 rings (SSSR count). The first-order chi connectivity index (χ1) is 16.1. The van der Waals surface area contributed by atoms with Crippen molar-refractivity contribution >= 4 is 5.96 Å². The minimum absolute atomic E-state index is 0.419. The summed E-state index contributed by atoms with van der Waals surface area (Å²) < 4.78 is 5.68. The van der Waals surface area contributed by atoms with E-state index in [2.05, 4.69) is 83.8 Å². The van der Waals surface area contributed by atoms with Gasteiger partial charge in [-0.1, -0.05) is 48.0 Å². The van der Waals surface area contributed by atoms with Crippen molar-refractivity contribution in [1.29, 1.82) is 0 Å². The Kier molecular flexibility index (Phi) is 7.79. The highest BCUT2D eigenvalue weighted by molar-refractivity contribution is 5.80. The Bertz CT molecular complexity index is 1020. The molecule has 33 heavy (non-hydrogen) atoms. The van der Waals surface area contributed by atoms with Crippen LogP contribution in [0.5, 0.6) is 0 Å². The Balaban J connectivity index is 1.31. The van der Waals surface area contributed by atoms with Crippen LogP contribution in [0.3, 0.4) is 0 Å². The van der Waals surface area contributed by atoms with Gasteiger partial charge >= 0.3 is 0 Å². The molecule has 2 aromatic carbocycles. The van der Waals surface area contributed by atoms with Crippen molar-refractivity contribution in [3.05, 3.63) is 77.7 Å². The molecule has 1 aromatic heterocycles. The number of hydrogen-bond acceptors (Lipinski definition) is 4. The van der Waals surface area contributed by atoms with E-state index in [1.807, 2.05) is 12.1 Å². The van der Waals surface area contributed by atoms with Crippen LogP contribution in [0.1, 0.15) is 49.6 Å². The van der Waals surface area contributed by atoms with Crippen molar-refractivity contribution in [2.75, 3.05) is 19.6 Å². The zero-order chi connectivity index (χ0) is 23.0. The Morgan fingerprint density at radius 3 is 2.55 bits per heavy atom. The standard InChI is InChI=1S/C27H35N5O/c1-4-28-27(29-18-25-19-33-26(30-25)23-12-10-20(2)11-13-23)31-24-14-16-32(17-15-24)21(3)22-8-6-5-7-9-22/h5-13,19,21,24H,4,14-18H2,1-3H3,(H2,28,29,31). The molecule has 2 heterocycles. The molecule has 0 aliphatic carbocycles. The molecule has 174 valence electrons. The minimum Gasteiger partial charge on any atom is -0.444 e. The van der Waals surface area contributed by atoms with Crippen molar-refractivity contribution in [2.45, 2.75) is 52.2 Å². The molecule has 1 unspecified atom stereocenters. The Labute approximate surface area is 197 Å². The number of benzene rings is 2. The van der Waals surface area contributed by atoms with Crippen LogP contribution in [-0.4, -0.2) is 41.5 Å². The van der Waals surface area contributed by atoms with E-state index >= 15 is 0 Å². The van der Waals surface area contributed by atoms with Crippen LogP contribution in [0, 0.1) is 6.92 Å². The molecule has 6 heteroatoms. The number of aliphatic imine (C=N–C) groups is 1. The summed E-state index contributed by atoms with van der Waals surface area (Å²) in [5.41, 5.74) is 4.42. The van der Waals surface area contributed by atoms with Gasteiger partial charge in [0.1, 0.15) is 12.0 Å². The number of nitrogens with zero attached hydrogens (tertiary/aromatic N) is 3. The third-order valence-corrected chi connectivity index (χ3v) is 6.29. The highest BCUT2D eigenvalue weighted by atomic mass is 16.3. The molecule has 3 aromatic rings. The van der Waals surface area contributed by atoms with Crippen LogP contribution in [0.4, 0.5) is 0 Å². The molecule has 0 amide bonds. The van der Waals surface area contributed by atoms with Gasteiger partial charge in [-0.25, -0.2) is 9.98 Å². The molecule has 2 N–H and O–H groups in total. The van der Waals surface area contributed by atoms with Gasteiger partial charge in [0.25, 0.3) is 0 Å². The Morgan fingerprint density at radius 2 is 1.85 bits per heavy atom. The van der Waals surface area contributed by atoms with Crippen molar-refractivity contribution in [1.82, 2.24) is 20.5 Å². The second kappa shape index (κ2) is 11.1. The fourth-order valence-electron chi connectivity index (χ4n) is 4.26. The van der Waals surface area contributed by atoms with Crippen molar-refractivity contribution < 1.29 is 4.42 Å². The van der Waals surface area contributed by atoms with Gasteiger partial charge in [-0.2, -0.15) is 0 Å². The smallest absolute Gasteiger partial charge is 0.226 e. The molecular weight excluding hydrogens is 410 g/mol. The third kappa shape index (κ3) is 6.23. The van der Waals surface area contributed by atoms with E-state index in [0.29, 0.717) is 24.5 Å². The summed E-state index contributed by atoms with van der Waals surface area (Å²) in [7, 11) is 0. The van der Waals surface area contributed by atoms with Gasteiger partial charge < -0.3 is 15.1 Å². The lowest BCUT2D eigenvalue weighted by molar-refractivity contribution is 0.158. The highest BCUT2D eigenvalue weighted by Crippen LogP contribution is 2.24. The van der Waals surface area contributed by atoms with E-state index in [-0.39, 0.29) is 0 Å². The number of rotatable bonds is 7. The maximum atomic E-state index is 5.68. The summed E-state index contributed by atoms with van der Waals surface area (Å²) in [6.45, 7) is 9.93. The Hall–Kier alpha value is -3.12. The zero-order valence-electron chi connectivity index (χ0n) is 19.9. The number of piperidine rings is 1.